The van der Waals surface area contributed by atoms with Crippen LogP contribution in [0.1, 0.15) is 43.0 Å². The quantitative estimate of drug-likeness (QED) is 0.898. The fraction of sp³-hybridized carbons (Fsp3) is 0.533. The molecule has 1 aromatic carbocycles. The van der Waals surface area contributed by atoms with E-state index in [4.69, 9.17) is 0 Å². The van der Waals surface area contributed by atoms with Crippen LogP contribution >= 0.6 is 15.9 Å². The van der Waals surface area contributed by atoms with Gasteiger partial charge >= 0.3 is 0 Å². The second-order valence-corrected chi connectivity index (χ2v) is 6.27. The molecule has 19 heavy (non-hydrogen) atoms. The number of benzene rings is 1. The first-order valence-corrected chi connectivity index (χ1v) is 7.55. The monoisotopic (exact) mass is 325 g/mol. The lowest BCUT2D eigenvalue weighted by atomic mass is 9.85. The molecule has 1 fully saturated rings. The van der Waals surface area contributed by atoms with Gasteiger partial charge in [0.25, 0.3) is 5.91 Å². The molecule has 2 rings (SSSR count). The Hall–Kier alpha value is -1.03. The first-order chi connectivity index (χ1) is 9.00. The maximum absolute atomic E-state index is 12.5. The highest BCUT2D eigenvalue weighted by Crippen LogP contribution is 2.29. The topological polar surface area (TPSA) is 40.5 Å². The van der Waals surface area contributed by atoms with Crippen molar-refractivity contribution >= 4 is 21.8 Å². The van der Waals surface area contributed by atoms with E-state index in [9.17, 15) is 9.90 Å². The van der Waals surface area contributed by atoms with Crippen LogP contribution in [0.3, 0.4) is 0 Å². The van der Waals surface area contributed by atoms with Crippen molar-refractivity contribution in [3.8, 4) is 5.75 Å². The zero-order chi connectivity index (χ0) is 14.0. The van der Waals surface area contributed by atoms with Crippen molar-refractivity contribution in [2.75, 3.05) is 7.05 Å². The molecular formula is C15H20BrNO2. The van der Waals surface area contributed by atoms with Crippen LogP contribution < -0.4 is 0 Å². The number of amides is 1. The summed E-state index contributed by atoms with van der Waals surface area (Å²) in [5.41, 5.74) is 0.543. The van der Waals surface area contributed by atoms with Gasteiger partial charge in [0, 0.05) is 18.7 Å². The molecule has 2 atom stereocenters. The maximum Gasteiger partial charge on any atom is 0.253 e. The van der Waals surface area contributed by atoms with Crippen molar-refractivity contribution in [1.82, 2.24) is 4.90 Å². The molecule has 0 radical (unpaired) electrons. The van der Waals surface area contributed by atoms with Crippen LogP contribution in [-0.2, 0) is 0 Å². The van der Waals surface area contributed by atoms with Gasteiger partial charge in [-0.25, -0.2) is 0 Å². The second-order valence-electron chi connectivity index (χ2n) is 5.41. The molecule has 1 N–H and O–H groups in total. The van der Waals surface area contributed by atoms with Crippen LogP contribution in [-0.4, -0.2) is 29.0 Å². The number of nitrogens with zero attached hydrogens (tertiary/aromatic N) is 1. The zero-order valence-corrected chi connectivity index (χ0v) is 13.0. The number of phenols is 1. The third-order valence-corrected chi connectivity index (χ3v) is 4.75. The van der Waals surface area contributed by atoms with Crippen LogP contribution in [0.25, 0.3) is 0 Å². The van der Waals surface area contributed by atoms with Crippen LogP contribution in [0.2, 0.25) is 0 Å². The highest BCUT2D eigenvalue weighted by atomic mass is 79.9. The summed E-state index contributed by atoms with van der Waals surface area (Å²) >= 11 is 3.23. The third-order valence-electron chi connectivity index (χ3n) is 4.08. The SMILES string of the molecule is CC1CCCCC1N(C)C(=O)c1ccc(Br)c(O)c1. The van der Waals surface area contributed by atoms with Crippen LogP contribution in [0.15, 0.2) is 22.7 Å². The molecule has 1 amide bonds. The number of carbonyl (C=O) groups excluding carboxylic acids is 1. The highest BCUT2D eigenvalue weighted by molar-refractivity contribution is 9.10. The Bertz CT molecular complexity index is 475. The Labute approximate surface area is 122 Å². The summed E-state index contributed by atoms with van der Waals surface area (Å²) in [7, 11) is 1.87. The van der Waals surface area contributed by atoms with Crippen molar-refractivity contribution in [3.05, 3.63) is 28.2 Å². The van der Waals surface area contributed by atoms with E-state index in [1.165, 1.54) is 25.3 Å². The van der Waals surface area contributed by atoms with Crippen molar-refractivity contribution < 1.29 is 9.90 Å². The van der Waals surface area contributed by atoms with Gasteiger partial charge in [-0.1, -0.05) is 19.8 Å². The predicted octanol–water partition coefficient (Wildman–Crippen LogP) is 3.81. The van der Waals surface area contributed by atoms with Gasteiger partial charge < -0.3 is 10.0 Å². The number of hydrogen-bond donors (Lipinski definition) is 1. The first-order valence-electron chi connectivity index (χ1n) is 6.76. The van der Waals surface area contributed by atoms with Crippen molar-refractivity contribution in [1.29, 1.82) is 0 Å². The van der Waals surface area contributed by atoms with Gasteiger partial charge in [0.15, 0.2) is 0 Å². The molecule has 3 nitrogen and oxygen atoms in total. The smallest absolute Gasteiger partial charge is 0.253 e. The van der Waals surface area contributed by atoms with Crippen molar-refractivity contribution in [2.24, 2.45) is 5.92 Å². The highest BCUT2D eigenvalue weighted by Gasteiger charge is 2.28. The average Bonchev–Trinajstić information content (AvgIpc) is 2.41. The Morgan fingerprint density at radius 1 is 1.37 bits per heavy atom. The molecule has 4 heteroatoms. The molecule has 104 valence electrons. The van der Waals surface area contributed by atoms with Gasteiger partial charge in [0.05, 0.1) is 4.47 Å². The van der Waals surface area contributed by atoms with E-state index in [0.717, 1.165) is 6.42 Å². The van der Waals surface area contributed by atoms with E-state index in [-0.39, 0.29) is 11.7 Å². The summed E-state index contributed by atoms with van der Waals surface area (Å²) in [4.78, 5) is 14.3. The minimum Gasteiger partial charge on any atom is -0.507 e. The number of rotatable bonds is 2. The molecule has 1 aliphatic rings. The summed E-state index contributed by atoms with van der Waals surface area (Å²) in [6.07, 6.45) is 4.72. The normalized spacial score (nSPS) is 23.1. The molecule has 1 aromatic rings. The number of hydrogen-bond acceptors (Lipinski definition) is 2. The lowest BCUT2D eigenvalue weighted by molar-refractivity contribution is 0.0628. The Morgan fingerprint density at radius 2 is 2.05 bits per heavy atom. The maximum atomic E-state index is 12.5. The fourth-order valence-electron chi connectivity index (χ4n) is 2.87. The summed E-state index contributed by atoms with van der Waals surface area (Å²) in [5, 5.41) is 9.68. The fourth-order valence-corrected chi connectivity index (χ4v) is 3.12. The summed E-state index contributed by atoms with van der Waals surface area (Å²) in [6, 6.07) is 5.29. The second kappa shape index (κ2) is 5.95. The first kappa shape index (κ1) is 14.4. The largest absolute Gasteiger partial charge is 0.507 e. The molecule has 0 saturated heterocycles. The molecule has 0 aromatic heterocycles. The minimum absolute atomic E-state index is 0.0125. The van der Waals surface area contributed by atoms with E-state index in [2.05, 4.69) is 22.9 Å². The number of aromatic hydroxyl groups is 1. The molecule has 0 spiro atoms. The van der Waals surface area contributed by atoms with E-state index >= 15 is 0 Å². The summed E-state index contributed by atoms with van der Waals surface area (Å²) < 4.78 is 0.609. The van der Waals surface area contributed by atoms with Crippen molar-refractivity contribution in [2.45, 2.75) is 38.6 Å². The molecule has 0 aliphatic heterocycles. The number of phenolic OH excluding ortho intramolecular Hbond substituents is 1. The molecule has 2 unspecified atom stereocenters. The van der Waals surface area contributed by atoms with Gasteiger partial charge in [-0.05, 0) is 52.9 Å². The zero-order valence-electron chi connectivity index (χ0n) is 11.4. The Kier molecular flexibility index (Phi) is 4.50. The number of carbonyl (C=O) groups is 1. The van der Waals surface area contributed by atoms with Crippen LogP contribution in [0.5, 0.6) is 5.75 Å². The lowest BCUT2D eigenvalue weighted by Crippen LogP contribution is -2.42. The lowest BCUT2D eigenvalue weighted by Gasteiger charge is -2.36. The van der Waals surface area contributed by atoms with Crippen molar-refractivity contribution in [3.63, 3.8) is 0 Å². The average molecular weight is 326 g/mol. The van der Waals surface area contributed by atoms with Gasteiger partial charge in [0.2, 0.25) is 0 Å². The standard InChI is InChI=1S/C15H20BrNO2/c1-10-5-3-4-6-13(10)17(2)15(19)11-7-8-12(16)14(18)9-11/h7-10,13,18H,3-6H2,1-2H3. The Balaban J connectivity index is 2.15. The molecule has 1 aliphatic carbocycles. The molecule has 0 bridgehead atoms. The van der Waals surface area contributed by atoms with Crippen LogP contribution in [0.4, 0.5) is 0 Å². The summed E-state index contributed by atoms with van der Waals surface area (Å²) in [6.45, 7) is 2.21. The molecular weight excluding hydrogens is 306 g/mol. The van der Waals surface area contributed by atoms with Gasteiger partial charge in [-0.15, -0.1) is 0 Å². The third kappa shape index (κ3) is 3.11. The van der Waals surface area contributed by atoms with Gasteiger partial charge in [0.1, 0.15) is 5.75 Å². The van der Waals surface area contributed by atoms with E-state index in [0.29, 0.717) is 22.0 Å². The summed E-state index contributed by atoms with van der Waals surface area (Å²) in [5.74, 6) is 0.643. The Morgan fingerprint density at radius 3 is 2.68 bits per heavy atom. The minimum atomic E-state index is -0.0125. The molecule has 1 saturated carbocycles. The predicted molar refractivity (Wildman–Crippen MR) is 79.3 cm³/mol. The van der Waals surface area contributed by atoms with E-state index in [1.807, 2.05) is 11.9 Å². The van der Waals surface area contributed by atoms with Gasteiger partial charge in [-0.3, -0.25) is 4.79 Å². The number of halogens is 1. The van der Waals surface area contributed by atoms with E-state index in [1.54, 1.807) is 12.1 Å². The van der Waals surface area contributed by atoms with Gasteiger partial charge in [-0.2, -0.15) is 0 Å². The van der Waals surface area contributed by atoms with E-state index < -0.39 is 0 Å². The molecule has 0 heterocycles. The van der Waals surface area contributed by atoms with Crippen LogP contribution in [0, 0.1) is 5.92 Å².